The molecule has 0 radical (unpaired) electrons. The van der Waals surface area contributed by atoms with Crippen LogP contribution in [-0.4, -0.2) is 58.8 Å². The van der Waals surface area contributed by atoms with Gasteiger partial charge in [0.25, 0.3) is 0 Å². The summed E-state index contributed by atoms with van der Waals surface area (Å²) in [4.78, 5) is 49.8. The summed E-state index contributed by atoms with van der Waals surface area (Å²) >= 11 is 0. The number of methoxy groups -OCH3 is 4. The van der Waals surface area contributed by atoms with E-state index in [2.05, 4.69) is 16.0 Å². The summed E-state index contributed by atoms with van der Waals surface area (Å²) in [5.74, 6) is 0.564. The number of ether oxygens (including phenoxy) is 4. The number of unbranched alkanes of at least 4 members (excludes halogenated alkanes) is 2. The lowest BCUT2D eigenvalue weighted by atomic mass is 9.95. The molecule has 2 aromatic rings. The highest BCUT2D eigenvalue weighted by atomic mass is 16.5. The maximum absolute atomic E-state index is 13.4. The first-order chi connectivity index (χ1) is 21.1. The highest BCUT2D eigenvalue weighted by Crippen LogP contribution is 2.50. The molecule has 2 aromatic carbocycles. The fourth-order valence-corrected chi connectivity index (χ4v) is 5.53. The highest BCUT2D eigenvalue weighted by molar-refractivity contribution is 5.85. The molecule has 240 valence electrons. The molecule has 0 fully saturated rings. The van der Waals surface area contributed by atoms with E-state index in [1.807, 2.05) is 26.0 Å². The molecule has 3 N–H and O–H groups in total. The maximum Gasteiger partial charge on any atom is 0.328 e. The molecule has 11 heteroatoms. The Hall–Kier alpha value is -4.28. The third-order valence-electron chi connectivity index (χ3n) is 7.75. The number of benzene rings is 1. The Balaban J connectivity index is 1.80. The van der Waals surface area contributed by atoms with Crippen LogP contribution in [0.25, 0.3) is 11.1 Å². The minimum Gasteiger partial charge on any atom is -0.493 e. The van der Waals surface area contributed by atoms with Crippen molar-refractivity contribution in [2.45, 2.75) is 71.4 Å². The van der Waals surface area contributed by atoms with Crippen molar-refractivity contribution in [3.8, 4) is 28.4 Å². The number of anilines is 1. The largest absolute Gasteiger partial charge is 0.493 e. The molecule has 44 heavy (non-hydrogen) atoms. The molecular formula is C33H45N3O8. The average molecular weight is 612 g/mol. The molecule has 3 rings (SSSR count). The molecule has 0 saturated heterocycles. The van der Waals surface area contributed by atoms with Gasteiger partial charge in [-0.1, -0.05) is 26.3 Å². The van der Waals surface area contributed by atoms with Gasteiger partial charge >= 0.3 is 5.97 Å². The fraction of sp³-hybridized carbons (Fsp3) is 0.515. The van der Waals surface area contributed by atoms with Crippen LogP contribution in [0, 0.1) is 5.92 Å². The van der Waals surface area contributed by atoms with E-state index in [1.165, 1.54) is 14.0 Å². The summed E-state index contributed by atoms with van der Waals surface area (Å²) in [5.41, 5.74) is 3.43. The minimum absolute atomic E-state index is 0.0768. The van der Waals surface area contributed by atoms with E-state index in [9.17, 15) is 19.2 Å². The normalized spacial score (nSPS) is 14.3. The van der Waals surface area contributed by atoms with Gasteiger partial charge in [-0.25, -0.2) is 4.79 Å². The quantitative estimate of drug-likeness (QED) is 0.212. The first kappa shape index (κ1) is 34.2. The summed E-state index contributed by atoms with van der Waals surface area (Å²) in [6, 6.07) is 6.08. The monoisotopic (exact) mass is 611 g/mol. The van der Waals surface area contributed by atoms with Crippen LogP contribution in [0.4, 0.5) is 5.69 Å². The van der Waals surface area contributed by atoms with Crippen molar-refractivity contribution in [3.05, 3.63) is 45.6 Å². The molecule has 0 bridgehead atoms. The summed E-state index contributed by atoms with van der Waals surface area (Å²) in [6.45, 7) is 5.69. The highest BCUT2D eigenvalue weighted by Gasteiger charge is 2.29. The predicted molar refractivity (Wildman–Crippen MR) is 168 cm³/mol. The molecule has 1 aliphatic carbocycles. The molecule has 0 heterocycles. The second-order valence-electron chi connectivity index (χ2n) is 11.1. The molecule has 0 unspecified atom stereocenters. The number of carbonyl (C=O) groups is 3. The fourth-order valence-electron chi connectivity index (χ4n) is 5.53. The van der Waals surface area contributed by atoms with Crippen LogP contribution in [0.2, 0.25) is 0 Å². The Labute approximate surface area is 259 Å². The Morgan fingerprint density at radius 1 is 0.955 bits per heavy atom. The second kappa shape index (κ2) is 16.0. The van der Waals surface area contributed by atoms with Crippen LogP contribution in [0.1, 0.15) is 70.0 Å². The third kappa shape index (κ3) is 8.21. The first-order valence-corrected chi connectivity index (χ1v) is 14.9. The number of aryl methyl sites for hydroxylation is 1. The Kier molecular flexibility index (Phi) is 12.4. The number of hydrogen-bond acceptors (Lipinski definition) is 9. The van der Waals surface area contributed by atoms with Crippen molar-refractivity contribution >= 4 is 23.5 Å². The maximum atomic E-state index is 13.4. The molecule has 0 spiro atoms. The first-order valence-electron chi connectivity index (χ1n) is 14.9. The van der Waals surface area contributed by atoms with Gasteiger partial charge in [0.15, 0.2) is 11.5 Å². The van der Waals surface area contributed by atoms with E-state index < -0.39 is 12.0 Å². The Bertz CT molecular complexity index is 1410. The zero-order chi connectivity index (χ0) is 32.4. The predicted octanol–water partition coefficient (Wildman–Crippen LogP) is 4.15. The van der Waals surface area contributed by atoms with Gasteiger partial charge in [-0.15, -0.1) is 0 Å². The number of amides is 2. The molecular weight excluding hydrogens is 566 g/mol. The van der Waals surface area contributed by atoms with Crippen molar-refractivity contribution in [2.75, 3.05) is 40.3 Å². The van der Waals surface area contributed by atoms with Crippen LogP contribution in [0.5, 0.6) is 17.2 Å². The molecule has 0 saturated carbocycles. The van der Waals surface area contributed by atoms with Crippen molar-refractivity contribution in [3.63, 3.8) is 0 Å². The number of fused-ring (bicyclic) bond motifs is 3. The summed E-state index contributed by atoms with van der Waals surface area (Å²) in [7, 11) is 5.98. The SMILES string of the molecule is COC(=O)[C@@H](NC(=O)CCCCCNc1ccc2c(cc1=O)[C@@H](NC(C)=O)CCc1cc(OC)c(OC)c(OC)c1-2)C(C)C. The zero-order valence-electron chi connectivity index (χ0n) is 26.8. The summed E-state index contributed by atoms with van der Waals surface area (Å²) in [6.07, 6.45) is 3.62. The van der Waals surface area contributed by atoms with Gasteiger partial charge in [0.05, 0.1) is 40.2 Å². The molecule has 0 aliphatic heterocycles. The molecule has 2 amide bonds. The van der Waals surface area contributed by atoms with Gasteiger partial charge in [-0.2, -0.15) is 0 Å². The number of nitrogens with one attached hydrogen (secondary N) is 3. The van der Waals surface area contributed by atoms with E-state index in [0.717, 1.165) is 29.5 Å². The van der Waals surface area contributed by atoms with Crippen molar-refractivity contribution in [1.82, 2.24) is 10.6 Å². The van der Waals surface area contributed by atoms with Crippen LogP contribution in [0.3, 0.4) is 0 Å². The lowest BCUT2D eigenvalue weighted by molar-refractivity contribution is -0.146. The second-order valence-corrected chi connectivity index (χ2v) is 11.1. The number of rotatable bonds is 14. The molecule has 0 aromatic heterocycles. The lowest BCUT2D eigenvalue weighted by Gasteiger charge is -2.19. The Morgan fingerprint density at radius 2 is 1.68 bits per heavy atom. The average Bonchev–Trinajstić information content (AvgIpc) is 3.24. The van der Waals surface area contributed by atoms with Gasteiger partial charge in [0.2, 0.25) is 23.0 Å². The number of hydrogen-bond donors (Lipinski definition) is 3. The van der Waals surface area contributed by atoms with Gasteiger partial charge in [0, 0.05) is 25.5 Å². The van der Waals surface area contributed by atoms with Crippen LogP contribution in [-0.2, 0) is 25.5 Å². The van der Waals surface area contributed by atoms with E-state index >= 15 is 0 Å². The van der Waals surface area contributed by atoms with Crippen molar-refractivity contribution in [2.24, 2.45) is 5.92 Å². The van der Waals surface area contributed by atoms with Crippen molar-refractivity contribution < 1.29 is 33.3 Å². The van der Waals surface area contributed by atoms with E-state index in [0.29, 0.717) is 60.7 Å². The molecule has 11 nitrogen and oxygen atoms in total. The number of esters is 1. The van der Waals surface area contributed by atoms with Gasteiger partial charge < -0.3 is 34.9 Å². The lowest BCUT2D eigenvalue weighted by Crippen LogP contribution is -2.44. The molecule has 1 aliphatic rings. The van der Waals surface area contributed by atoms with E-state index in [4.69, 9.17) is 18.9 Å². The summed E-state index contributed by atoms with van der Waals surface area (Å²) in [5, 5.41) is 9.00. The van der Waals surface area contributed by atoms with Crippen molar-refractivity contribution in [1.29, 1.82) is 0 Å². The summed E-state index contributed by atoms with van der Waals surface area (Å²) < 4.78 is 21.8. The zero-order valence-corrected chi connectivity index (χ0v) is 26.8. The van der Waals surface area contributed by atoms with Gasteiger partial charge in [0.1, 0.15) is 6.04 Å². The van der Waals surface area contributed by atoms with Gasteiger partial charge in [-0.3, -0.25) is 14.4 Å². The number of carbonyl (C=O) groups excluding carboxylic acids is 3. The van der Waals surface area contributed by atoms with Crippen LogP contribution >= 0.6 is 0 Å². The Morgan fingerprint density at radius 3 is 2.30 bits per heavy atom. The smallest absolute Gasteiger partial charge is 0.328 e. The molecule has 2 atom stereocenters. The standard InChI is InChI=1S/C33H45N3O8/c1-19(2)30(33(40)44-7)36-28(39)11-9-8-10-16-34-25-15-13-22-23(18-26(25)38)24(35-20(3)37)14-12-21-17-27(41-4)31(42-5)32(43-6)29(21)22/h13,15,17-19,24,30H,8-12,14,16H2,1-7H3,(H,34,38)(H,35,37)(H,36,39)/t24-,30-/m0/s1. The van der Waals surface area contributed by atoms with E-state index in [1.54, 1.807) is 33.5 Å². The van der Waals surface area contributed by atoms with Gasteiger partial charge in [-0.05, 0) is 66.5 Å². The van der Waals surface area contributed by atoms with Crippen LogP contribution < -0.4 is 35.6 Å². The van der Waals surface area contributed by atoms with Crippen LogP contribution in [0.15, 0.2) is 29.1 Å². The third-order valence-corrected chi connectivity index (χ3v) is 7.75. The van der Waals surface area contributed by atoms with E-state index in [-0.39, 0.29) is 29.2 Å². The minimum atomic E-state index is -0.668. The topological polar surface area (TPSA) is 141 Å².